The van der Waals surface area contributed by atoms with Crippen molar-refractivity contribution in [2.75, 3.05) is 52.4 Å². The molecule has 35 heavy (non-hydrogen) atoms. The lowest BCUT2D eigenvalue weighted by molar-refractivity contribution is 0.0624. The zero-order valence-electron chi connectivity index (χ0n) is 21.5. The van der Waals surface area contributed by atoms with Crippen LogP contribution in [0.15, 0.2) is 42.5 Å². The molecule has 2 fully saturated rings. The number of Topliss-reactive ketones (excluding diaryl/α,β-unsaturated/α-hetero) is 1. The van der Waals surface area contributed by atoms with Crippen molar-refractivity contribution in [2.45, 2.75) is 46.1 Å². The predicted octanol–water partition coefficient (Wildman–Crippen LogP) is 4.20. The summed E-state index contributed by atoms with van der Waals surface area (Å²) in [4.78, 5) is 32.3. The van der Waals surface area contributed by atoms with Crippen LogP contribution in [0.2, 0.25) is 0 Å². The number of rotatable bonds is 9. The molecule has 4 rings (SSSR count). The Bertz CT molecular complexity index is 992. The van der Waals surface area contributed by atoms with E-state index in [1.165, 1.54) is 19.4 Å². The largest absolute Gasteiger partial charge is 0.493 e. The predicted molar refractivity (Wildman–Crippen MR) is 139 cm³/mol. The van der Waals surface area contributed by atoms with Gasteiger partial charge in [0.15, 0.2) is 5.78 Å². The molecule has 188 valence electrons. The SMILES string of the molecule is Cc1cc(C(=O)CN2CCN(C(=O)c3ccccc3)CC2)cc(C)c1OCCCN1CCC[C@H]1C. The van der Waals surface area contributed by atoms with Gasteiger partial charge in [-0.15, -0.1) is 0 Å². The van der Waals surface area contributed by atoms with Crippen molar-refractivity contribution in [3.8, 4) is 5.75 Å². The minimum Gasteiger partial charge on any atom is -0.493 e. The second-order valence-corrected chi connectivity index (χ2v) is 10.0. The van der Waals surface area contributed by atoms with Crippen molar-refractivity contribution < 1.29 is 14.3 Å². The topological polar surface area (TPSA) is 53.1 Å². The highest BCUT2D eigenvalue weighted by Gasteiger charge is 2.24. The van der Waals surface area contributed by atoms with E-state index in [4.69, 9.17) is 4.74 Å². The summed E-state index contributed by atoms with van der Waals surface area (Å²) < 4.78 is 6.13. The summed E-state index contributed by atoms with van der Waals surface area (Å²) in [6.07, 6.45) is 3.62. The van der Waals surface area contributed by atoms with Crippen LogP contribution < -0.4 is 4.74 Å². The quantitative estimate of drug-likeness (QED) is 0.400. The zero-order valence-corrected chi connectivity index (χ0v) is 21.5. The molecule has 6 heteroatoms. The summed E-state index contributed by atoms with van der Waals surface area (Å²) in [5.41, 5.74) is 3.49. The number of hydrogen-bond donors (Lipinski definition) is 0. The zero-order chi connectivity index (χ0) is 24.8. The maximum atomic E-state index is 13.0. The number of carbonyl (C=O) groups excluding carboxylic acids is 2. The summed E-state index contributed by atoms with van der Waals surface area (Å²) in [5.74, 6) is 1.09. The molecule has 2 aromatic carbocycles. The number of hydrogen-bond acceptors (Lipinski definition) is 5. The van der Waals surface area contributed by atoms with Crippen LogP contribution in [0.5, 0.6) is 5.75 Å². The van der Waals surface area contributed by atoms with Gasteiger partial charge in [-0.25, -0.2) is 0 Å². The number of piperazine rings is 1. The highest BCUT2D eigenvalue weighted by molar-refractivity contribution is 5.98. The Kier molecular flexibility index (Phi) is 8.58. The molecule has 2 aromatic rings. The number of likely N-dealkylation sites (tertiary alicyclic amines) is 1. The molecule has 2 saturated heterocycles. The van der Waals surface area contributed by atoms with Gasteiger partial charge in [-0.3, -0.25) is 14.5 Å². The molecule has 0 N–H and O–H groups in total. The lowest BCUT2D eigenvalue weighted by Gasteiger charge is -2.34. The molecule has 2 heterocycles. The summed E-state index contributed by atoms with van der Waals surface area (Å²) in [6.45, 7) is 12.4. The van der Waals surface area contributed by atoms with E-state index in [1.807, 2.05) is 61.2 Å². The Labute approximate surface area is 209 Å². The van der Waals surface area contributed by atoms with Gasteiger partial charge in [-0.2, -0.15) is 0 Å². The van der Waals surface area contributed by atoms with E-state index in [1.54, 1.807) is 0 Å². The van der Waals surface area contributed by atoms with Crippen molar-refractivity contribution in [2.24, 2.45) is 0 Å². The Morgan fingerprint density at radius 2 is 1.63 bits per heavy atom. The molecule has 1 amide bonds. The van der Waals surface area contributed by atoms with Crippen LogP contribution in [0.25, 0.3) is 0 Å². The molecule has 0 aliphatic carbocycles. The van der Waals surface area contributed by atoms with Gasteiger partial charge in [0.1, 0.15) is 5.75 Å². The average molecular weight is 478 g/mol. The highest BCUT2D eigenvalue weighted by atomic mass is 16.5. The standard InChI is InChI=1S/C29H39N3O3/c1-22-19-26(20-23(2)28(22)35-18-8-13-31-12-7-9-24(31)3)27(33)21-30-14-16-32(17-15-30)29(34)25-10-5-4-6-11-25/h4-6,10-11,19-20,24H,7-9,12-18,21H2,1-3H3/t24-/m1/s1. The fraction of sp³-hybridized carbons (Fsp3) is 0.517. The normalized spacial score (nSPS) is 19.2. The number of ether oxygens (including phenoxy) is 1. The molecule has 2 aliphatic heterocycles. The summed E-state index contributed by atoms with van der Waals surface area (Å²) in [6, 6.07) is 14.0. The number of amides is 1. The van der Waals surface area contributed by atoms with Crippen LogP contribution in [-0.2, 0) is 0 Å². The molecule has 0 saturated carbocycles. The first-order valence-electron chi connectivity index (χ1n) is 13.0. The Balaban J connectivity index is 1.25. The molecule has 2 aliphatic rings. The van der Waals surface area contributed by atoms with E-state index in [2.05, 4.69) is 16.7 Å². The molecule has 0 bridgehead atoms. The molecule has 0 spiro atoms. The van der Waals surface area contributed by atoms with E-state index < -0.39 is 0 Å². The average Bonchev–Trinajstić information content (AvgIpc) is 3.28. The first kappa shape index (κ1) is 25.4. The minimum absolute atomic E-state index is 0.0633. The third kappa shape index (κ3) is 6.50. The lowest BCUT2D eigenvalue weighted by atomic mass is 10.0. The Morgan fingerprint density at radius 1 is 0.943 bits per heavy atom. The van der Waals surface area contributed by atoms with Gasteiger partial charge in [0, 0.05) is 49.9 Å². The van der Waals surface area contributed by atoms with Crippen LogP contribution in [0, 0.1) is 13.8 Å². The molecule has 0 aromatic heterocycles. The van der Waals surface area contributed by atoms with Gasteiger partial charge in [0.25, 0.3) is 5.91 Å². The van der Waals surface area contributed by atoms with Crippen LogP contribution in [0.3, 0.4) is 0 Å². The first-order chi connectivity index (χ1) is 16.9. The highest BCUT2D eigenvalue weighted by Crippen LogP contribution is 2.26. The summed E-state index contributed by atoms with van der Waals surface area (Å²) in [7, 11) is 0. The van der Waals surface area contributed by atoms with Gasteiger partial charge < -0.3 is 14.5 Å². The van der Waals surface area contributed by atoms with Crippen molar-refractivity contribution in [1.29, 1.82) is 0 Å². The van der Waals surface area contributed by atoms with E-state index >= 15 is 0 Å². The minimum atomic E-state index is 0.0633. The summed E-state index contributed by atoms with van der Waals surface area (Å²) in [5, 5.41) is 0. The van der Waals surface area contributed by atoms with Gasteiger partial charge in [0.05, 0.1) is 13.2 Å². The molecule has 0 radical (unpaired) electrons. The monoisotopic (exact) mass is 477 g/mol. The van der Waals surface area contributed by atoms with Crippen LogP contribution in [-0.4, -0.2) is 84.9 Å². The van der Waals surface area contributed by atoms with Crippen molar-refractivity contribution in [1.82, 2.24) is 14.7 Å². The van der Waals surface area contributed by atoms with Crippen molar-refractivity contribution in [3.05, 3.63) is 64.7 Å². The number of nitrogens with zero attached hydrogens (tertiary/aromatic N) is 3. The third-order valence-corrected chi connectivity index (χ3v) is 7.36. The fourth-order valence-corrected chi connectivity index (χ4v) is 5.27. The molecule has 6 nitrogen and oxygen atoms in total. The molecule has 1 atom stereocenters. The van der Waals surface area contributed by atoms with E-state index in [0.717, 1.165) is 41.0 Å². The van der Waals surface area contributed by atoms with E-state index in [-0.39, 0.29) is 11.7 Å². The Hall–Kier alpha value is -2.70. The summed E-state index contributed by atoms with van der Waals surface area (Å²) >= 11 is 0. The van der Waals surface area contributed by atoms with Gasteiger partial charge in [-0.1, -0.05) is 18.2 Å². The second-order valence-electron chi connectivity index (χ2n) is 10.0. The second kappa shape index (κ2) is 11.8. The van der Waals surface area contributed by atoms with Crippen molar-refractivity contribution >= 4 is 11.7 Å². The van der Waals surface area contributed by atoms with Gasteiger partial charge >= 0.3 is 0 Å². The fourth-order valence-electron chi connectivity index (χ4n) is 5.27. The van der Waals surface area contributed by atoms with Crippen LogP contribution >= 0.6 is 0 Å². The van der Waals surface area contributed by atoms with Gasteiger partial charge in [0.2, 0.25) is 0 Å². The molecular formula is C29H39N3O3. The smallest absolute Gasteiger partial charge is 0.253 e. The van der Waals surface area contributed by atoms with Crippen LogP contribution in [0.4, 0.5) is 0 Å². The first-order valence-corrected chi connectivity index (χ1v) is 13.0. The van der Waals surface area contributed by atoms with Gasteiger partial charge in [-0.05, 0) is 82.0 Å². The number of benzene rings is 2. The maximum Gasteiger partial charge on any atom is 0.253 e. The van der Waals surface area contributed by atoms with Crippen LogP contribution in [0.1, 0.15) is 58.0 Å². The van der Waals surface area contributed by atoms with E-state index in [0.29, 0.717) is 45.4 Å². The molecular weight excluding hydrogens is 438 g/mol. The number of ketones is 1. The number of aryl methyl sites for hydroxylation is 2. The van der Waals surface area contributed by atoms with Crippen molar-refractivity contribution in [3.63, 3.8) is 0 Å². The molecule has 0 unspecified atom stereocenters. The third-order valence-electron chi connectivity index (χ3n) is 7.36. The Morgan fingerprint density at radius 3 is 2.26 bits per heavy atom. The number of carbonyl (C=O) groups is 2. The van der Waals surface area contributed by atoms with E-state index in [9.17, 15) is 9.59 Å². The maximum absolute atomic E-state index is 13.0. The lowest BCUT2D eigenvalue weighted by Crippen LogP contribution is -2.49.